The Bertz CT molecular complexity index is 746. The van der Waals surface area contributed by atoms with E-state index in [0.29, 0.717) is 42.6 Å². The van der Waals surface area contributed by atoms with Crippen molar-refractivity contribution in [2.45, 2.75) is 0 Å². The van der Waals surface area contributed by atoms with E-state index in [9.17, 15) is 9.18 Å². The quantitative estimate of drug-likeness (QED) is 0.901. The van der Waals surface area contributed by atoms with Crippen LogP contribution < -0.4 is 15.0 Å². The number of hydrogen-bond donors (Lipinski definition) is 1. The van der Waals surface area contributed by atoms with Crippen molar-refractivity contribution in [1.82, 2.24) is 4.90 Å². The zero-order valence-corrected chi connectivity index (χ0v) is 14.6. The molecule has 3 rings (SSSR count). The molecular formula is C18H19ClFN3O2. The number of nitrogens with zero attached hydrogens (tertiary/aromatic N) is 2. The molecule has 0 atom stereocenters. The third-order valence-corrected chi connectivity index (χ3v) is 4.40. The van der Waals surface area contributed by atoms with Crippen LogP contribution in [0.15, 0.2) is 42.5 Å². The molecule has 0 bridgehead atoms. The van der Waals surface area contributed by atoms with Gasteiger partial charge < -0.3 is 19.9 Å². The molecular weight excluding hydrogens is 345 g/mol. The molecule has 25 heavy (non-hydrogen) atoms. The van der Waals surface area contributed by atoms with E-state index in [4.69, 9.17) is 16.3 Å². The van der Waals surface area contributed by atoms with Crippen LogP contribution in [0.3, 0.4) is 0 Å². The molecule has 1 aliphatic rings. The first-order valence-electron chi connectivity index (χ1n) is 7.97. The molecule has 1 heterocycles. The Balaban J connectivity index is 1.60. The highest BCUT2D eigenvalue weighted by atomic mass is 35.5. The van der Waals surface area contributed by atoms with Crippen molar-refractivity contribution in [3.8, 4) is 5.75 Å². The van der Waals surface area contributed by atoms with Crippen LogP contribution >= 0.6 is 11.6 Å². The molecule has 2 aromatic rings. The fourth-order valence-corrected chi connectivity index (χ4v) is 2.96. The van der Waals surface area contributed by atoms with Gasteiger partial charge >= 0.3 is 6.03 Å². The summed E-state index contributed by atoms with van der Waals surface area (Å²) in [6, 6.07) is 11.3. The van der Waals surface area contributed by atoms with Gasteiger partial charge in [0.1, 0.15) is 11.6 Å². The van der Waals surface area contributed by atoms with Crippen LogP contribution in [-0.4, -0.2) is 44.2 Å². The molecule has 2 aromatic carbocycles. The zero-order chi connectivity index (χ0) is 17.8. The smallest absolute Gasteiger partial charge is 0.322 e. The predicted octanol–water partition coefficient (Wildman–Crippen LogP) is 3.84. The number of piperazine rings is 1. The summed E-state index contributed by atoms with van der Waals surface area (Å²) in [6.45, 7) is 2.52. The largest absolute Gasteiger partial charge is 0.495 e. The lowest BCUT2D eigenvalue weighted by molar-refractivity contribution is 0.208. The van der Waals surface area contributed by atoms with Gasteiger partial charge in [-0.05, 0) is 42.5 Å². The number of urea groups is 1. The lowest BCUT2D eigenvalue weighted by atomic mass is 10.2. The number of rotatable bonds is 3. The van der Waals surface area contributed by atoms with Gasteiger partial charge in [0.2, 0.25) is 0 Å². The highest BCUT2D eigenvalue weighted by molar-refractivity contribution is 6.31. The number of carbonyl (C=O) groups is 1. The summed E-state index contributed by atoms with van der Waals surface area (Å²) in [5.41, 5.74) is 1.50. The Labute approximate surface area is 150 Å². The molecule has 7 heteroatoms. The number of halogens is 2. The zero-order valence-electron chi connectivity index (χ0n) is 13.8. The van der Waals surface area contributed by atoms with E-state index < -0.39 is 0 Å². The SMILES string of the molecule is COc1ccc(Cl)cc1NC(=O)N1CCN(c2ccc(F)cc2)CC1. The van der Waals surface area contributed by atoms with Gasteiger partial charge in [-0.15, -0.1) is 0 Å². The molecule has 132 valence electrons. The molecule has 0 aliphatic carbocycles. The molecule has 0 unspecified atom stereocenters. The number of nitrogens with one attached hydrogen (secondary N) is 1. The molecule has 1 aliphatic heterocycles. The highest BCUT2D eigenvalue weighted by Crippen LogP contribution is 2.28. The second-order valence-electron chi connectivity index (χ2n) is 5.73. The highest BCUT2D eigenvalue weighted by Gasteiger charge is 2.22. The Hall–Kier alpha value is -2.47. The Morgan fingerprint density at radius 1 is 1.12 bits per heavy atom. The van der Waals surface area contributed by atoms with E-state index in [1.807, 2.05) is 0 Å². The molecule has 2 amide bonds. The van der Waals surface area contributed by atoms with Gasteiger partial charge in [-0.3, -0.25) is 0 Å². The monoisotopic (exact) mass is 363 g/mol. The maximum Gasteiger partial charge on any atom is 0.322 e. The second kappa shape index (κ2) is 7.61. The third kappa shape index (κ3) is 4.14. The number of ether oxygens (including phenoxy) is 1. The van der Waals surface area contributed by atoms with Crippen LogP contribution in [0.5, 0.6) is 5.75 Å². The van der Waals surface area contributed by atoms with Crippen molar-refractivity contribution in [2.24, 2.45) is 0 Å². The minimum Gasteiger partial charge on any atom is -0.495 e. The molecule has 1 saturated heterocycles. The Morgan fingerprint density at radius 3 is 2.44 bits per heavy atom. The minimum atomic E-state index is -0.253. The third-order valence-electron chi connectivity index (χ3n) is 4.16. The van der Waals surface area contributed by atoms with Crippen molar-refractivity contribution in [2.75, 3.05) is 43.5 Å². The predicted molar refractivity (Wildman–Crippen MR) is 97.2 cm³/mol. The fourth-order valence-electron chi connectivity index (χ4n) is 2.79. The number of carbonyl (C=O) groups excluding carboxylic acids is 1. The molecule has 1 N–H and O–H groups in total. The normalized spacial score (nSPS) is 14.4. The molecule has 1 fully saturated rings. The van der Waals surface area contributed by atoms with Gasteiger partial charge in [0.15, 0.2) is 0 Å². The van der Waals surface area contributed by atoms with Crippen LogP contribution in [-0.2, 0) is 0 Å². The van der Waals surface area contributed by atoms with Crippen LogP contribution in [0.4, 0.5) is 20.6 Å². The van der Waals surface area contributed by atoms with Crippen molar-refractivity contribution in [1.29, 1.82) is 0 Å². The average molecular weight is 364 g/mol. The van der Waals surface area contributed by atoms with Crippen molar-refractivity contribution in [3.63, 3.8) is 0 Å². The average Bonchev–Trinajstić information content (AvgIpc) is 2.63. The van der Waals surface area contributed by atoms with Gasteiger partial charge in [-0.25, -0.2) is 9.18 Å². The lowest BCUT2D eigenvalue weighted by Gasteiger charge is -2.36. The van der Waals surface area contributed by atoms with Crippen LogP contribution in [0.25, 0.3) is 0 Å². The second-order valence-corrected chi connectivity index (χ2v) is 6.16. The minimum absolute atomic E-state index is 0.195. The first kappa shape index (κ1) is 17.4. The first-order chi connectivity index (χ1) is 12.1. The summed E-state index contributed by atoms with van der Waals surface area (Å²) in [5.74, 6) is 0.305. The molecule has 0 aromatic heterocycles. The van der Waals surface area contributed by atoms with E-state index in [2.05, 4.69) is 10.2 Å². The number of anilines is 2. The molecule has 0 spiro atoms. The Kier molecular flexibility index (Phi) is 5.28. The van der Waals surface area contributed by atoms with E-state index in [0.717, 1.165) is 5.69 Å². The van der Waals surface area contributed by atoms with Gasteiger partial charge in [-0.2, -0.15) is 0 Å². The summed E-state index contributed by atoms with van der Waals surface area (Å²) in [5, 5.41) is 3.37. The van der Waals surface area contributed by atoms with Crippen LogP contribution in [0.1, 0.15) is 0 Å². The van der Waals surface area contributed by atoms with Crippen molar-refractivity contribution in [3.05, 3.63) is 53.3 Å². The number of amides is 2. The summed E-state index contributed by atoms with van der Waals surface area (Å²) < 4.78 is 18.3. The summed E-state index contributed by atoms with van der Waals surface area (Å²) in [4.78, 5) is 16.3. The van der Waals surface area contributed by atoms with Gasteiger partial charge in [-0.1, -0.05) is 11.6 Å². The Morgan fingerprint density at radius 2 is 1.80 bits per heavy atom. The van der Waals surface area contributed by atoms with Crippen LogP contribution in [0.2, 0.25) is 5.02 Å². The van der Waals surface area contributed by atoms with E-state index >= 15 is 0 Å². The van der Waals surface area contributed by atoms with Gasteiger partial charge in [0, 0.05) is 36.9 Å². The fraction of sp³-hybridized carbons (Fsp3) is 0.278. The van der Waals surface area contributed by atoms with E-state index in [1.165, 1.54) is 12.1 Å². The van der Waals surface area contributed by atoms with Crippen molar-refractivity contribution >= 4 is 29.0 Å². The maximum absolute atomic E-state index is 13.0. The molecule has 0 radical (unpaired) electrons. The van der Waals surface area contributed by atoms with E-state index in [-0.39, 0.29) is 11.8 Å². The van der Waals surface area contributed by atoms with Gasteiger partial charge in [0.25, 0.3) is 0 Å². The molecule has 5 nitrogen and oxygen atoms in total. The number of benzene rings is 2. The van der Waals surface area contributed by atoms with Crippen molar-refractivity contribution < 1.29 is 13.9 Å². The van der Waals surface area contributed by atoms with Crippen LogP contribution in [0, 0.1) is 5.82 Å². The number of hydrogen-bond acceptors (Lipinski definition) is 3. The molecule has 0 saturated carbocycles. The number of methoxy groups -OCH3 is 1. The van der Waals surface area contributed by atoms with Gasteiger partial charge in [0.05, 0.1) is 12.8 Å². The standard InChI is InChI=1S/C18H19ClFN3O2/c1-25-17-7-2-13(19)12-16(17)21-18(24)23-10-8-22(9-11-23)15-5-3-14(20)4-6-15/h2-7,12H,8-11H2,1H3,(H,21,24). The first-order valence-corrected chi connectivity index (χ1v) is 8.34. The topological polar surface area (TPSA) is 44.8 Å². The summed E-state index contributed by atoms with van der Waals surface area (Å²) >= 11 is 5.99. The summed E-state index contributed by atoms with van der Waals surface area (Å²) in [6.07, 6.45) is 0. The van der Waals surface area contributed by atoms with E-state index in [1.54, 1.807) is 42.3 Å². The maximum atomic E-state index is 13.0. The lowest BCUT2D eigenvalue weighted by Crippen LogP contribution is -2.50. The summed E-state index contributed by atoms with van der Waals surface area (Å²) in [7, 11) is 1.54.